The second-order valence-corrected chi connectivity index (χ2v) is 5.32. The molecule has 5 nitrogen and oxygen atoms in total. The van der Waals surface area contributed by atoms with Gasteiger partial charge in [0.1, 0.15) is 18.1 Å². The molecule has 3 rings (SSSR count). The highest BCUT2D eigenvalue weighted by atomic mass is 35.5. The molecule has 1 N–H and O–H groups in total. The van der Waals surface area contributed by atoms with Gasteiger partial charge in [-0.1, -0.05) is 11.6 Å². The Kier molecular flexibility index (Phi) is 3.85. The van der Waals surface area contributed by atoms with Crippen LogP contribution in [0.2, 0.25) is 5.02 Å². The first kappa shape index (κ1) is 14.6. The molecule has 1 saturated heterocycles. The second kappa shape index (κ2) is 5.81. The second-order valence-electron chi connectivity index (χ2n) is 4.92. The molecule has 1 aliphatic heterocycles. The fourth-order valence-corrected chi connectivity index (χ4v) is 2.53. The Bertz CT molecular complexity index is 718. The van der Waals surface area contributed by atoms with E-state index in [9.17, 15) is 14.0 Å². The van der Waals surface area contributed by atoms with Crippen LogP contribution in [0, 0.1) is 5.82 Å². The highest BCUT2D eigenvalue weighted by Gasteiger charge is 2.34. The number of benzene rings is 1. The van der Waals surface area contributed by atoms with E-state index in [4.69, 9.17) is 16.0 Å². The van der Waals surface area contributed by atoms with E-state index in [1.807, 2.05) is 0 Å². The molecule has 1 fully saturated rings. The Morgan fingerprint density at radius 3 is 2.91 bits per heavy atom. The Labute approximate surface area is 130 Å². The van der Waals surface area contributed by atoms with E-state index in [1.165, 1.54) is 41.7 Å². The van der Waals surface area contributed by atoms with Crippen molar-refractivity contribution in [2.24, 2.45) is 0 Å². The van der Waals surface area contributed by atoms with E-state index in [2.05, 4.69) is 5.32 Å². The molecule has 1 atom stereocenters. The molecule has 1 aromatic carbocycles. The maximum Gasteiger partial charge on any atom is 0.255 e. The van der Waals surface area contributed by atoms with Crippen LogP contribution in [0.4, 0.5) is 10.1 Å². The van der Waals surface area contributed by atoms with E-state index < -0.39 is 11.9 Å². The summed E-state index contributed by atoms with van der Waals surface area (Å²) < 4.78 is 18.0. The van der Waals surface area contributed by atoms with Gasteiger partial charge in [0.15, 0.2) is 0 Å². The number of halogens is 2. The van der Waals surface area contributed by atoms with Gasteiger partial charge in [-0.3, -0.25) is 9.59 Å². The summed E-state index contributed by atoms with van der Waals surface area (Å²) in [6, 6.07) is 4.99. The van der Waals surface area contributed by atoms with Crippen LogP contribution >= 0.6 is 11.6 Å². The van der Waals surface area contributed by atoms with Crippen molar-refractivity contribution in [1.82, 2.24) is 5.32 Å². The van der Waals surface area contributed by atoms with Crippen molar-refractivity contribution in [3.05, 3.63) is 53.2 Å². The Morgan fingerprint density at radius 1 is 1.41 bits per heavy atom. The predicted molar refractivity (Wildman–Crippen MR) is 78.3 cm³/mol. The molecule has 114 valence electrons. The topological polar surface area (TPSA) is 62.6 Å². The summed E-state index contributed by atoms with van der Waals surface area (Å²) in [5, 5.41) is 2.61. The number of rotatable bonds is 3. The maximum absolute atomic E-state index is 13.2. The van der Waals surface area contributed by atoms with Crippen molar-refractivity contribution in [3.63, 3.8) is 0 Å². The van der Waals surface area contributed by atoms with Crippen LogP contribution in [-0.2, 0) is 4.79 Å². The highest BCUT2D eigenvalue weighted by Crippen LogP contribution is 2.26. The van der Waals surface area contributed by atoms with Crippen LogP contribution in [0.1, 0.15) is 16.8 Å². The molecular weight excluding hydrogens is 311 g/mol. The lowest BCUT2D eigenvalue weighted by atomic mass is 10.2. The van der Waals surface area contributed by atoms with Crippen molar-refractivity contribution < 1.29 is 18.4 Å². The maximum atomic E-state index is 13.2. The molecule has 2 heterocycles. The average Bonchev–Trinajstić information content (AvgIpc) is 3.13. The number of nitrogens with one attached hydrogen (secondary N) is 1. The normalized spacial score (nSPS) is 17.8. The third kappa shape index (κ3) is 2.69. The van der Waals surface area contributed by atoms with E-state index >= 15 is 0 Å². The summed E-state index contributed by atoms with van der Waals surface area (Å²) in [6.45, 7) is 0.428. The summed E-state index contributed by atoms with van der Waals surface area (Å²) in [7, 11) is 0. The van der Waals surface area contributed by atoms with Crippen molar-refractivity contribution >= 4 is 29.1 Å². The number of hydrogen-bond acceptors (Lipinski definition) is 3. The van der Waals surface area contributed by atoms with E-state index in [0.29, 0.717) is 24.2 Å². The van der Waals surface area contributed by atoms with Crippen molar-refractivity contribution in [1.29, 1.82) is 0 Å². The Balaban J connectivity index is 1.72. The quantitative estimate of drug-likeness (QED) is 0.944. The summed E-state index contributed by atoms with van der Waals surface area (Å²) >= 11 is 5.74. The van der Waals surface area contributed by atoms with E-state index in [0.717, 1.165) is 0 Å². The van der Waals surface area contributed by atoms with Gasteiger partial charge in [0.05, 0.1) is 16.8 Å². The van der Waals surface area contributed by atoms with Crippen LogP contribution in [0.15, 0.2) is 41.2 Å². The first-order chi connectivity index (χ1) is 10.6. The molecule has 7 heteroatoms. The number of anilines is 1. The van der Waals surface area contributed by atoms with Crippen LogP contribution in [0.25, 0.3) is 0 Å². The van der Waals surface area contributed by atoms with Crippen molar-refractivity contribution in [3.8, 4) is 0 Å². The zero-order valence-electron chi connectivity index (χ0n) is 11.4. The highest BCUT2D eigenvalue weighted by molar-refractivity contribution is 6.31. The zero-order chi connectivity index (χ0) is 15.7. The molecule has 0 bridgehead atoms. The van der Waals surface area contributed by atoms with Crippen molar-refractivity contribution in [2.75, 3.05) is 11.4 Å². The van der Waals surface area contributed by atoms with Crippen molar-refractivity contribution in [2.45, 2.75) is 12.5 Å². The first-order valence-corrected chi connectivity index (χ1v) is 7.03. The molecule has 0 spiro atoms. The molecule has 0 unspecified atom stereocenters. The van der Waals surface area contributed by atoms with Gasteiger partial charge in [0, 0.05) is 12.2 Å². The lowest BCUT2D eigenvalue weighted by molar-refractivity contribution is -0.118. The molecule has 0 radical (unpaired) electrons. The number of hydrogen-bond donors (Lipinski definition) is 1. The van der Waals surface area contributed by atoms with E-state index in [1.54, 1.807) is 0 Å². The van der Waals surface area contributed by atoms with Gasteiger partial charge >= 0.3 is 0 Å². The Hall–Kier alpha value is -2.34. The summed E-state index contributed by atoms with van der Waals surface area (Å²) in [5.41, 5.74) is 0.868. The molecular formula is C15H12ClFN2O3. The van der Waals surface area contributed by atoms with Crippen LogP contribution in [0.5, 0.6) is 0 Å². The lowest BCUT2D eigenvalue weighted by Gasteiger charge is -2.17. The number of amides is 2. The van der Waals surface area contributed by atoms with E-state index in [-0.39, 0.29) is 16.8 Å². The molecule has 22 heavy (non-hydrogen) atoms. The van der Waals surface area contributed by atoms with Crippen LogP contribution < -0.4 is 10.2 Å². The standard InChI is InChI=1S/C15H12ClFN2O3/c16-11-7-10(1-2-12(11)17)19-5-3-13(15(19)21)18-14(20)9-4-6-22-8-9/h1-2,4,6-8,13H,3,5H2,(H,18,20)/t13-/m1/s1. The lowest BCUT2D eigenvalue weighted by Crippen LogP contribution is -2.41. The van der Waals surface area contributed by atoms with Crippen LogP contribution in [-0.4, -0.2) is 24.4 Å². The summed E-state index contributed by atoms with van der Waals surface area (Å²) in [4.78, 5) is 25.8. The SMILES string of the molecule is O=C(N[C@@H]1CCN(c2ccc(F)c(Cl)c2)C1=O)c1ccoc1. The van der Waals surface area contributed by atoms with Gasteiger partial charge < -0.3 is 14.6 Å². The minimum absolute atomic E-state index is 0.0452. The minimum Gasteiger partial charge on any atom is -0.472 e. The average molecular weight is 323 g/mol. The number of nitrogens with zero attached hydrogens (tertiary/aromatic N) is 1. The molecule has 2 aromatic rings. The van der Waals surface area contributed by atoms with Gasteiger partial charge in [-0.15, -0.1) is 0 Å². The third-order valence-corrected chi connectivity index (χ3v) is 3.80. The van der Waals surface area contributed by atoms with Gasteiger partial charge in [0.25, 0.3) is 5.91 Å². The molecule has 0 aliphatic carbocycles. The first-order valence-electron chi connectivity index (χ1n) is 6.66. The van der Waals surface area contributed by atoms with Gasteiger partial charge in [-0.25, -0.2) is 4.39 Å². The van der Waals surface area contributed by atoms with Gasteiger partial charge in [-0.05, 0) is 30.7 Å². The van der Waals surface area contributed by atoms with Gasteiger partial charge in [0.2, 0.25) is 5.91 Å². The molecule has 2 amide bonds. The summed E-state index contributed by atoms with van der Waals surface area (Å²) in [6.07, 6.45) is 3.17. The largest absolute Gasteiger partial charge is 0.472 e. The Morgan fingerprint density at radius 2 is 2.23 bits per heavy atom. The van der Waals surface area contributed by atoms with Gasteiger partial charge in [-0.2, -0.15) is 0 Å². The summed E-state index contributed by atoms with van der Waals surface area (Å²) in [5.74, 6) is -1.16. The number of carbonyl (C=O) groups excluding carboxylic acids is 2. The molecule has 1 aromatic heterocycles. The minimum atomic E-state index is -0.619. The molecule has 1 aliphatic rings. The smallest absolute Gasteiger partial charge is 0.255 e. The fraction of sp³-hybridized carbons (Fsp3) is 0.200. The monoisotopic (exact) mass is 322 g/mol. The zero-order valence-corrected chi connectivity index (χ0v) is 12.1. The number of carbonyl (C=O) groups is 2. The molecule has 0 saturated carbocycles. The fourth-order valence-electron chi connectivity index (χ4n) is 2.36. The third-order valence-electron chi connectivity index (χ3n) is 3.51. The van der Waals surface area contributed by atoms with Crippen LogP contribution in [0.3, 0.4) is 0 Å². The predicted octanol–water partition coefficient (Wildman–Crippen LogP) is 2.61. The number of furan rings is 1.